The van der Waals surface area contributed by atoms with Gasteiger partial charge >= 0.3 is 6.09 Å². The molecule has 5 heteroatoms. The van der Waals surface area contributed by atoms with Gasteiger partial charge in [-0.05, 0) is 52.4 Å². The molecule has 0 heterocycles. The van der Waals surface area contributed by atoms with E-state index in [1.54, 1.807) is 0 Å². The Morgan fingerprint density at radius 1 is 1.29 bits per heavy atom. The molecule has 1 aliphatic carbocycles. The monoisotopic (exact) mass is 300 g/mol. The van der Waals surface area contributed by atoms with Crippen LogP contribution in [0.5, 0.6) is 0 Å². The van der Waals surface area contributed by atoms with Crippen LogP contribution in [0.1, 0.15) is 60.3 Å². The van der Waals surface area contributed by atoms with E-state index in [0.29, 0.717) is 18.5 Å². The second-order valence-corrected chi connectivity index (χ2v) is 7.54. The normalized spacial score (nSPS) is 24.1. The molecule has 1 aliphatic rings. The van der Waals surface area contributed by atoms with E-state index in [0.717, 1.165) is 25.7 Å². The molecule has 0 radical (unpaired) electrons. The third-order valence-corrected chi connectivity index (χ3v) is 3.54. The highest BCUT2D eigenvalue weighted by Crippen LogP contribution is 2.20. The summed E-state index contributed by atoms with van der Waals surface area (Å²) in [4.78, 5) is 11.7. The number of amides is 1. The van der Waals surface area contributed by atoms with Crippen LogP contribution in [0, 0.1) is 5.92 Å². The number of hydrogen-bond donors (Lipinski definition) is 3. The Morgan fingerprint density at radius 3 is 2.48 bits per heavy atom. The molecular weight excluding hydrogens is 268 g/mol. The lowest BCUT2D eigenvalue weighted by Crippen LogP contribution is -2.40. The summed E-state index contributed by atoms with van der Waals surface area (Å²) in [6.45, 7) is 10.4. The van der Waals surface area contributed by atoms with E-state index in [1.165, 1.54) is 0 Å². The smallest absolute Gasteiger partial charge is 0.407 e. The molecule has 1 amide bonds. The molecule has 21 heavy (non-hydrogen) atoms. The largest absolute Gasteiger partial charge is 0.444 e. The molecule has 0 aromatic carbocycles. The maximum atomic E-state index is 11.7. The molecule has 0 aliphatic heterocycles. The van der Waals surface area contributed by atoms with Gasteiger partial charge in [0.15, 0.2) is 0 Å². The predicted molar refractivity (Wildman–Crippen MR) is 84.3 cm³/mol. The van der Waals surface area contributed by atoms with E-state index in [2.05, 4.69) is 24.5 Å². The summed E-state index contributed by atoms with van der Waals surface area (Å²) in [5, 5.41) is 16.2. The van der Waals surface area contributed by atoms with Crippen molar-refractivity contribution in [2.75, 3.05) is 6.54 Å². The van der Waals surface area contributed by atoms with E-state index in [4.69, 9.17) is 4.74 Å². The third kappa shape index (κ3) is 8.27. The van der Waals surface area contributed by atoms with Crippen LogP contribution < -0.4 is 10.6 Å². The molecule has 3 unspecified atom stereocenters. The summed E-state index contributed by atoms with van der Waals surface area (Å²) >= 11 is 0. The van der Waals surface area contributed by atoms with Crippen molar-refractivity contribution in [1.29, 1.82) is 0 Å². The number of carbonyl (C=O) groups is 1. The number of carbonyl (C=O) groups excluding carboxylic acids is 1. The number of alkyl carbamates (subject to hydrolysis) is 1. The van der Waals surface area contributed by atoms with Gasteiger partial charge in [-0.2, -0.15) is 0 Å². The molecule has 124 valence electrons. The fourth-order valence-electron chi connectivity index (χ4n) is 2.70. The number of nitrogens with one attached hydrogen (secondary N) is 2. The summed E-state index contributed by atoms with van der Waals surface area (Å²) in [7, 11) is 0. The molecule has 1 rings (SSSR count). The van der Waals surface area contributed by atoms with Crippen molar-refractivity contribution < 1.29 is 14.6 Å². The highest BCUT2D eigenvalue weighted by atomic mass is 16.6. The molecule has 5 nitrogen and oxygen atoms in total. The van der Waals surface area contributed by atoms with Crippen molar-refractivity contribution in [3.05, 3.63) is 0 Å². The Balaban J connectivity index is 2.22. The first kappa shape index (κ1) is 18.2. The van der Waals surface area contributed by atoms with Crippen LogP contribution in [0.2, 0.25) is 0 Å². The van der Waals surface area contributed by atoms with Crippen LogP contribution in [-0.2, 0) is 4.74 Å². The Morgan fingerprint density at radius 2 is 1.90 bits per heavy atom. The highest BCUT2D eigenvalue weighted by Gasteiger charge is 2.27. The first-order valence-corrected chi connectivity index (χ1v) is 8.06. The SMILES string of the molecule is CC(C)CC(O)CNC1CCC(NC(=O)OC(C)(C)C)C1. The number of aliphatic hydroxyl groups is 1. The van der Waals surface area contributed by atoms with Gasteiger partial charge in [-0.15, -0.1) is 0 Å². The maximum absolute atomic E-state index is 11.7. The van der Waals surface area contributed by atoms with Gasteiger partial charge in [0.05, 0.1) is 6.10 Å². The lowest BCUT2D eigenvalue weighted by molar-refractivity contribution is 0.0504. The van der Waals surface area contributed by atoms with Gasteiger partial charge in [0.25, 0.3) is 0 Å². The minimum Gasteiger partial charge on any atom is -0.444 e. The second kappa shape index (κ2) is 7.99. The van der Waals surface area contributed by atoms with Crippen molar-refractivity contribution in [2.24, 2.45) is 5.92 Å². The van der Waals surface area contributed by atoms with Crippen molar-refractivity contribution in [2.45, 2.75) is 84.1 Å². The van der Waals surface area contributed by atoms with E-state index in [1.807, 2.05) is 20.8 Å². The highest BCUT2D eigenvalue weighted by molar-refractivity contribution is 5.68. The van der Waals surface area contributed by atoms with Crippen LogP contribution in [0.3, 0.4) is 0 Å². The van der Waals surface area contributed by atoms with Crippen LogP contribution >= 0.6 is 0 Å². The summed E-state index contributed by atoms with van der Waals surface area (Å²) in [5.74, 6) is 0.506. The Hall–Kier alpha value is -0.810. The Kier molecular flexibility index (Phi) is 6.94. The second-order valence-electron chi connectivity index (χ2n) is 7.54. The fraction of sp³-hybridized carbons (Fsp3) is 0.938. The molecule has 0 saturated heterocycles. The summed E-state index contributed by atoms with van der Waals surface area (Å²) in [6, 6.07) is 0.534. The average Bonchev–Trinajstić information content (AvgIpc) is 2.70. The lowest BCUT2D eigenvalue weighted by Gasteiger charge is -2.22. The zero-order valence-electron chi connectivity index (χ0n) is 14.1. The van der Waals surface area contributed by atoms with Crippen molar-refractivity contribution in [1.82, 2.24) is 10.6 Å². The van der Waals surface area contributed by atoms with Gasteiger partial charge in [-0.1, -0.05) is 13.8 Å². The molecule has 0 spiro atoms. The molecule has 3 N–H and O–H groups in total. The van der Waals surface area contributed by atoms with Gasteiger partial charge in [0.2, 0.25) is 0 Å². The summed E-state index contributed by atoms with van der Waals surface area (Å²) in [6.07, 6.45) is 3.06. The summed E-state index contributed by atoms with van der Waals surface area (Å²) in [5.41, 5.74) is -0.457. The zero-order chi connectivity index (χ0) is 16.0. The van der Waals surface area contributed by atoms with E-state index in [9.17, 15) is 9.90 Å². The fourth-order valence-corrected chi connectivity index (χ4v) is 2.70. The zero-order valence-corrected chi connectivity index (χ0v) is 14.1. The molecular formula is C16H32N2O3. The minimum absolute atomic E-state index is 0.166. The third-order valence-electron chi connectivity index (χ3n) is 3.54. The Labute approximate surface area is 128 Å². The van der Waals surface area contributed by atoms with Crippen molar-refractivity contribution in [3.63, 3.8) is 0 Å². The molecule has 0 aromatic rings. The number of aliphatic hydroxyl groups excluding tert-OH is 1. The minimum atomic E-state index is -0.457. The number of rotatable bonds is 6. The average molecular weight is 300 g/mol. The van der Waals surface area contributed by atoms with Gasteiger partial charge in [0.1, 0.15) is 5.60 Å². The van der Waals surface area contributed by atoms with Gasteiger partial charge in [-0.25, -0.2) is 4.79 Å². The van der Waals surface area contributed by atoms with E-state index in [-0.39, 0.29) is 18.2 Å². The Bertz CT molecular complexity index is 326. The van der Waals surface area contributed by atoms with Gasteiger partial charge < -0.3 is 20.5 Å². The van der Waals surface area contributed by atoms with Crippen molar-refractivity contribution >= 4 is 6.09 Å². The quantitative estimate of drug-likeness (QED) is 0.704. The van der Waals surface area contributed by atoms with E-state index >= 15 is 0 Å². The van der Waals surface area contributed by atoms with Gasteiger partial charge in [-0.3, -0.25) is 0 Å². The van der Waals surface area contributed by atoms with Gasteiger partial charge in [0, 0.05) is 18.6 Å². The first-order valence-electron chi connectivity index (χ1n) is 8.06. The standard InChI is InChI=1S/C16H32N2O3/c1-11(2)8-14(19)10-17-12-6-7-13(9-12)18-15(20)21-16(3,4)5/h11-14,17,19H,6-10H2,1-5H3,(H,18,20). The number of hydrogen-bond acceptors (Lipinski definition) is 4. The molecule has 3 atom stereocenters. The van der Waals surface area contributed by atoms with E-state index < -0.39 is 5.60 Å². The van der Waals surface area contributed by atoms with Crippen LogP contribution in [0.4, 0.5) is 4.79 Å². The lowest BCUT2D eigenvalue weighted by atomic mass is 10.1. The molecule has 1 saturated carbocycles. The molecule has 0 aromatic heterocycles. The topological polar surface area (TPSA) is 70.6 Å². The van der Waals surface area contributed by atoms with Crippen molar-refractivity contribution in [3.8, 4) is 0 Å². The maximum Gasteiger partial charge on any atom is 0.407 e. The first-order chi connectivity index (χ1) is 9.65. The van der Waals surface area contributed by atoms with Crippen LogP contribution in [0.15, 0.2) is 0 Å². The van der Waals surface area contributed by atoms with Crippen LogP contribution in [0.25, 0.3) is 0 Å². The van der Waals surface area contributed by atoms with Crippen LogP contribution in [-0.4, -0.2) is 41.5 Å². The summed E-state index contributed by atoms with van der Waals surface area (Å²) < 4.78 is 5.27. The molecule has 0 bridgehead atoms. The molecule has 1 fully saturated rings. The number of ether oxygens (including phenoxy) is 1. The predicted octanol–water partition coefficient (Wildman–Crippen LogP) is 2.43.